The van der Waals surface area contributed by atoms with Gasteiger partial charge in [-0.2, -0.15) is 0 Å². The molecule has 1 saturated heterocycles. The van der Waals surface area contributed by atoms with E-state index >= 15 is 0 Å². The van der Waals surface area contributed by atoms with E-state index in [1.807, 2.05) is 25.1 Å². The number of hydrogen-bond acceptors (Lipinski definition) is 5. The Bertz CT molecular complexity index is 912. The zero-order valence-electron chi connectivity index (χ0n) is 16.5. The maximum absolute atomic E-state index is 12.3. The van der Waals surface area contributed by atoms with Crippen LogP contribution in [0.4, 0.5) is 11.4 Å². The molecule has 2 aromatic carbocycles. The summed E-state index contributed by atoms with van der Waals surface area (Å²) in [5.41, 5.74) is 2.42. The summed E-state index contributed by atoms with van der Waals surface area (Å²) in [6.07, 6.45) is 0.911. The van der Waals surface area contributed by atoms with Gasteiger partial charge >= 0.3 is 5.97 Å². The van der Waals surface area contributed by atoms with Crippen molar-refractivity contribution in [2.75, 3.05) is 30.5 Å². The van der Waals surface area contributed by atoms with Crippen LogP contribution in [0.5, 0.6) is 5.75 Å². The Morgan fingerprint density at radius 1 is 1.17 bits per heavy atom. The average Bonchev–Trinajstić information content (AvgIpc) is 3.14. The van der Waals surface area contributed by atoms with Crippen molar-refractivity contribution in [3.8, 4) is 5.75 Å². The predicted octanol–water partition coefficient (Wildman–Crippen LogP) is 2.79. The first-order valence-electron chi connectivity index (χ1n) is 9.50. The second-order valence-corrected chi connectivity index (χ2v) is 6.82. The highest BCUT2D eigenvalue weighted by Gasteiger charge is 2.36. The van der Waals surface area contributed by atoms with E-state index in [0.717, 1.165) is 12.0 Å². The number of nitrogens with zero attached hydrogens (tertiary/aromatic N) is 1. The summed E-state index contributed by atoms with van der Waals surface area (Å²) in [5.74, 6) is -1.11. The fourth-order valence-corrected chi connectivity index (χ4v) is 3.21. The summed E-state index contributed by atoms with van der Waals surface area (Å²) < 4.78 is 10.3. The first-order valence-corrected chi connectivity index (χ1v) is 9.50. The van der Waals surface area contributed by atoms with Crippen molar-refractivity contribution < 1.29 is 23.9 Å². The molecule has 3 rings (SSSR count). The van der Waals surface area contributed by atoms with Crippen LogP contribution in [0.15, 0.2) is 48.5 Å². The number of ether oxygens (including phenoxy) is 2. The number of anilines is 2. The van der Waals surface area contributed by atoms with Crippen LogP contribution < -0.4 is 15.0 Å². The molecule has 29 heavy (non-hydrogen) atoms. The van der Waals surface area contributed by atoms with Gasteiger partial charge in [0.2, 0.25) is 5.91 Å². The zero-order valence-corrected chi connectivity index (χ0v) is 16.5. The van der Waals surface area contributed by atoms with Crippen molar-refractivity contribution in [2.45, 2.75) is 19.8 Å². The Kier molecular flexibility index (Phi) is 6.49. The third kappa shape index (κ3) is 5.13. The van der Waals surface area contributed by atoms with Crippen LogP contribution in [0.1, 0.15) is 18.9 Å². The van der Waals surface area contributed by atoms with Gasteiger partial charge in [0, 0.05) is 30.4 Å². The summed E-state index contributed by atoms with van der Waals surface area (Å²) >= 11 is 0. The number of carbonyl (C=O) groups is 3. The number of carbonyl (C=O) groups excluding carboxylic acids is 3. The molecule has 0 saturated carbocycles. The highest BCUT2D eigenvalue weighted by molar-refractivity contribution is 6.00. The topological polar surface area (TPSA) is 84.9 Å². The minimum atomic E-state index is -0.607. The van der Waals surface area contributed by atoms with E-state index in [2.05, 4.69) is 5.32 Å². The first kappa shape index (κ1) is 20.4. The summed E-state index contributed by atoms with van der Waals surface area (Å²) in [4.78, 5) is 38.3. The van der Waals surface area contributed by atoms with Crippen molar-refractivity contribution in [3.05, 3.63) is 54.1 Å². The number of methoxy groups -OCH3 is 1. The van der Waals surface area contributed by atoms with E-state index in [1.165, 1.54) is 4.90 Å². The standard InChI is InChI=1S/C22H24N2O5/c1-3-15-6-4-7-17(10-15)23-20(25)14-29-22(27)16-11-21(26)24(13-16)18-8-5-9-19(12-18)28-2/h4-10,12,16H,3,11,13-14H2,1-2H3,(H,23,25). The van der Waals surface area contributed by atoms with Gasteiger partial charge in [0.15, 0.2) is 6.61 Å². The van der Waals surface area contributed by atoms with Crippen LogP contribution in [-0.4, -0.2) is 38.0 Å². The van der Waals surface area contributed by atoms with Gasteiger partial charge in [-0.3, -0.25) is 14.4 Å². The van der Waals surface area contributed by atoms with Gasteiger partial charge in [0.25, 0.3) is 5.91 Å². The average molecular weight is 396 g/mol. The molecule has 0 spiro atoms. The minimum absolute atomic E-state index is 0.0518. The number of amides is 2. The van der Waals surface area contributed by atoms with E-state index in [4.69, 9.17) is 9.47 Å². The Morgan fingerprint density at radius 2 is 1.97 bits per heavy atom. The molecular weight excluding hydrogens is 372 g/mol. The Labute approximate surface area is 169 Å². The summed E-state index contributed by atoms with van der Waals surface area (Å²) in [6, 6.07) is 14.6. The molecule has 7 nitrogen and oxygen atoms in total. The van der Waals surface area contributed by atoms with Crippen molar-refractivity contribution in [1.82, 2.24) is 0 Å². The number of esters is 1. The van der Waals surface area contributed by atoms with Crippen molar-refractivity contribution >= 4 is 29.2 Å². The van der Waals surface area contributed by atoms with Gasteiger partial charge in [-0.25, -0.2) is 0 Å². The maximum Gasteiger partial charge on any atom is 0.311 e. The summed E-state index contributed by atoms with van der Waals surface area (Å²) in [6.45, 7) is 1.85. The third-order valence-electron chi connectivity index (χ3n) is 4.79. The summed E-state index contributed by atoms with van der Waals surface area (Å²) in [7, 11) is 1.55. The third-order valence-corrected chi connectivity index (χ3v) is 4.79. The number of hydrogen-bond donors (Lipinski definition) is 1. The molecule has 0 bridgehead atoms. The van der Waals surface area contributed by atoms with Gasteiger partial charge < -0.3 is 19.7 Å². The number of aryl methyl sites for hydroxylation is 1. The highest BCUT2D eigenvalue weighted by atomic mass is 16.5. The lowest BCUT2D eigenvalue weighted by molar-refractivity contribution is -0.151. The summed E-state index contributed by atoms with van der Waals surface area (Å²) in [5, 5.41) is 2.71. The van der Waals surface area contributed by atoms with Crippen molar-refractivity contribution in [2.24, 2.45) is 5.92 Å². The second kappa shape index (κ2) is 9.23. The van der Waals surface area contributed by atoms with E-state index in [9.17, 15) is 14.4 Å². The van der Waals surface area contributed by atoms with Crippen LogP contribution in [0.25, 0.3) is 0 Å². The lowest BCUT2D eigenvalue weighted by Crippen LogP contribution is -2.28. The molecular formula is C22H24N2O5. The molecule has 1 N–H and O–H groups in total. The van der Waals surface area contributed by atoms with Crippen LogP contribution in [0.2, 0.25) is 0 Å². The Morgan fingerprint density at radius 3 is 2.72 bits per heavy atom. The van der Waals surface area contributed by atoms with Gasteiger partial charge in [0.05, 0.1) is 13.0 Å². The Hall–Kier alpha value is -3.35. The molecule has 152 valence electrons. The SMILES string of the molecule is CCc1cccc(NC(=O)COC(=O)C2CC(=O)N(c3cccc(OC)c3)C2)c1. The molecule has 0 radical (unpaired) electrons. The molecule has 0 aromatic heterocycles. The molecule has 0 aliphatic carbocycles. The zero-order chi connectivity index (χ0) is 20.8. The van der Waals surface area contributed by atoms with E-state index in [-0.39, 0.29) is 25.5 Å². The van der Waals surface area contributed by atoms with Crippen LogP contribution in [0.3, 0.4) is 0 Å². The van der Waals surface area contributed by atoms with Crippen LogP contribution >= 0.6 is 0 Å². The lowest BCUT2D eigenvalue weighted by Gasteiger charge is -2.17. The van der Waals surface area contributed by atoms with E-state index in [0.29, 0.717) is 17.1 Å². The van der Waals surface area contributed by atoms with E-state index in [1.54, 1.807) is 37.4 Å². The molecule has 2 amide bonds. The molecule has 1 heterocycles. The van der Waals surface area contributed by atoms with E-state index < -0.39 is 17.8 Å². The smallest absolute Gasteiger partial charge is 0.311 e. The molecule has 1 atom stereocenters. The maximum atomic E-state index is 12.3. The van der Waals surface area contributed by atoms with Crippen LogP contribution in [0, 0.1) is 5.92 Å². The number of nitrogens with one attached hydrogen (secondary N) is 1. The number of rotatable bonds is 7. The quantitative estimate of drug-likeness (QED) is 0.728. The predicted molar refractivity (Wildman–Crippen MR) is 109 cm³/mol. The van der Waals surface area contributed by atoms with Crippen molar-refractivity contribution in [1.29, 1.82) is 0 Å². The van der Waals surface area contributed by atoms with Gasteiger partial charge in [-0.05, 0) is 36.2 Å². The molecule has 1 aliphatic heterocycles. The fourth-order valence-electron chi connectivity index (χ4n) is 3.21. The fraction of sp³-hybridized carbons (Fsp3) is 0.318. The monoisotopic (exact) mass is 396 g/mol. The largest absolute Gasteiger partial charge is 0.497 e. The second-order valence-electron chi connectivity index (χ2n) is 6.82. The number of benzene rings is 2. The molecule has 2 aromatic rings. The van der Waals surface area contributed by atoms with Crippen molar-refractivity contribution in [3.63, 3.8) is 0 Å². The Balaban J connectivity index is 1.53. The molecule has 1 aliphatic rings. The van der Waals surface area contributed by atoms with Gasteiger partial charge in [0.1, 0.15) is 5.75 Å². The first-order chi connectivity index (χ1) is 14.0. The molecule has 1 unspecified atom stereocenters. The van der Waals surface area contributed by atoms with Gasteiger partial charge in [-0.1, -0.05) is 25.1 Å². The molecule has 1 fully saturated rings. The lowest BCUT2D eigenvalue weighted by atomic mass is 10.1. The van der Waals surface area contributed by atoms with Crippen LogP contribution in [-0.2, 0) is 25.5 Å². The normalized spacial score (nSPS) is 15.9. The molecule has 7 heteroatoms. The highest BCUT2D eigenvalue weighted by Crippen LogP contribution is 2.28. The minimum Gasteiger partial charge on any atom is -0.497 e. The van der Waals surface area contributed by atoms with Gasteiger partial charge in [-0.15, -0.1) is 0 Å².